The Balaban J connectivity index is 1.99. The predicted molar refractivity (Wildman–Crippen MR) is 95.1 cm³/mol. The smallest absolute Gasteiger partial charge is 0.310 e. The first-order valence-electron chi connectivity index (χ1n) is 8.87. The molecule has 0 saturated carbocycles. The monoisotopic (exact) mass is 318 g/mol. The number of aromatic hydroxyl groups is 1. The fourth-order valence-electron chi connectivity index (χ4n) is 2.41. The summed E-state index contributed by atoms with van der Waals surface area (Å²) in [7, 11) is 0. The van der Waals surface area contributed by atoms with Crippen molar-refractivity contribution in [2.24, 2.45) is 0 Å². The van der Waals surface area contributed by atoms with Crippen LogP contribution in [0.25, 0.3) is 6.08 Å². The zero-order valence-corrected chi connectivity index (χ0v) is 14.3. The van der Waals surface area contributed by atoms with Gasteiger partial charge in [-0.05, 0) is 30.2 Å². The van der Waals surface area contributed by atoms with E-state index < -0.39 is 0 Å². The number of hydrogen-bond donors (Lipinski definition) is 1. The molecule has 0 unspecified atom stereocenters. The molecule has 1 N–H and O–H groups in total. The minimum absolute atomic E-state index is 0.178. The number of hydrogen-bond acceptors (Lipinski definition) is 3. The molecule has 1 rings (SSSR count). The maximum Gasteiger partial charge on any atom is 0.310 e. The minimum atomic E-state index is -0.178. The van der Waals surface area contributed by atoms with Gasteiger partial charge in [0.25, 0.3) is 0 Å². The fourth-order valence-corrected chi connectivity index (χ4v) is 2.41. The van der Waals surface area contributed by atoms with Crippen molar-refractivity contribution < 1.29 is 14.6 Å². The first kappa shape index (κ1) is 19.3. The van der Waals surface area contributed by atoms with Gasteiger partial charge in [-0.15, -0.1) is 0 Å². The largest absolute Gasteiger partial charge is 0.508 e. The van der Waals surface area contributed by atoms with Gasteiger partial charge in [0.15, 0.2) is 0 Å². The maximum atomic E-state index is 11.6. The van der Waals surface area contributed by atoms with Gasteiger partial charge in [0, 0.05) is 6.42 Å². The quantitative estimate of drug-likeness (QED) is 0.300. The number of benzene rings is 1. The predicted octanol–water partition coefficient (Wildman–Crippen LogP) is 5.83. The lowest BCUT2D eigenvalue weighted by atomic mass is 10.1. The number of unbranched alkanes of at least 4 members (excludes halogenated alkanes) is 8. The molecule has 0 heterocycles. The Morgan fingerprint density at radius 2 is 1.52 bits per heavy atom. The van der Waals surface area contributed by atoms with Crippen LogP contribution in [0.5, 0.6) is 5.75 Å². The molecule has 0 atom stereocenters. The zero-order valence-electron chi connectivity index (χ0n) is 14.3. The lowest BCUT2D eigenvalue weighted by molar-refractivity contribution is -0.138. The molecule has 0 radical (unpaired) electrons. The van der Waals surface area contributed by atoms with Crippen molar-refractivity contribution in [1.82, 2.24) is 0 Å². The number of ether oxygens (including phenoxy) is 1. The molecule has 0 aliphatic rings. The number of carbonyl (C=O) groups is 1. The number of carbonyl (C=O) groups excluding carboxylic acids is 1. The second-order valence-corrected chi connectivity index (χ2v) is 5.96. The van der Waals surface area contributed by atoms with E-state index in [1.165, 1.54) is 51.2 Å². The van der Waals surface area contributed by atoms with Crippen LogP contribution in [0, 0.1) is 0 Å². The van der Waals surface area contributed by atoms with Crippen molar-refractivity contribution in [1.29, 1.82) is 0 Å². The van der Waals surface area contributed by atoms with Crippen LogP contribution in [0.15, 0.2) is 30.5 Å². The van der Waals surface area contributed by atoms with Crippen LogP contribution < -0.4 is 0 Å². The molecule has 128 valence electrons. The average molecular weight is 318 g/mol. The summed E-state index contributed by atoms with van der Waals surface area (Å²) < 4.78 is 5.07. The van der Waals surface area contributed by atoms with Crippen LogP contribution in [-0.2, 0) is 9.53 Å². The summed E-state index contributed by atoms with van der Waals surface area (Å²) >= 11 is 0. The molecule has 1 aromatic carbocycles. The van der Waals surface area contributed by atoms with Gasteiger partial charge in [0.05, 0.1) is 6.26 Å². The van der Waals surface area contributed by atoms with E-state index in [9.17, 15) is 9.90 Å². The zero-order chi connectivity index (χ0) is 16.8. The van der Waals surface area contributed by atoms with Gasteiger partial charge in [-0.1, -0.05) is 70.4 Å². The van der Waals surface area contributed by atoms with Crippen LogP contribution in [-0.4, -0.2) is 11.1 Å². The number of phenols is 1. The molecule has 0 amide bonds. The van der Waals surface area contributed by atoms with Gasteiger partial charge in [0.1, 0.15) is 5.75 Å². The second-order valence-electron chi connectivity index (χ2n) is 5.96. The summed E-state index contributed by atoms with van der Waals surface area (Å²) in [5, 5.41) is 9.17. The minimum Gasteiger partial charge on any atom is -0.508 e. The number of rotatable bonds is 12. The van der Waals surface area contributed by atoms with E-state index in [0.29, 0.717) is 6.42 Å². The molecule has 0 aliphatic heterocycles. The van der Waals surface area contributed by atoms with Gasteiger partial charge >= 0.3 is 5.97 Å². The van der Waals surface area contributed by atoms with Crippen molar-refractivity contribution in [2.45, 2.75) is 71.1 Å². The molecule has 3 heteroatoms. The molecule has 0 spiro atoms. The van der Waals surface area contributed by atoms with Crippen LogP contribution >= 0.6 is 0 Å². The summed E-state index contributed by atoms with van der Waals surface area (Å²) in [6.45, 7) is 2.24. The fraction of sp³-hybridized carbons (Fsp3) is 0.550. The highest BCUT2D eigenvalue weighted by atomic mass is 16.5. The Morgan fingerprint density at radius 1 is 0.957 bits per heavy atom. The van der Waals surface area contributed by atoms with E-state index in [1.54, 1.807) is 30.3 Å². The highest BCUT2D eigenvalue weighted by molar-refractivity contribution is 5.70. The van der Waals surface area contributed by atoms with E-state index in [1.807, 2.05) is 0 Å². The average Bonchev–Trinajstić information content (AvgIpc) is 2.55. The Kier molecular flexibility index (Phi) is 10.7. The van der Waals surface area contributed by atoms with Gasteiger partial charge in [0.2, 0.25) is 0 Å². The molecule has 23 heavy (non-hydrogen) atoms. The molecule has 0 bridgehead atoms. The topological polar surface area (TPSA) is 46.5 Å². The Labute approximate surface area is 140 Å². The molecular weight excluding hydrogens is 288 g/mol. The van der Waals surface area contributed by atoms with E-state index in [0.717, 1.165) is 18.4 Å². The lowest BCUT2D eigenvalue weighted by Gasteiger charge is -2.02. The van der Waals surface area contributed by atoms with E-state index in [4.69, 9.17) is 4.74 Å². The normalized spacial score (nSPS) is 11.0. The molecule has 0 aromatic heterocycles. The molecule has 0 aliphatic carbocycles. The van der Waals surface area contributed by atoms with Gasteiger partial charge < -0.3 is 9.84 Å². The third kappa shape index (κ3) is 10.6. The van der Waals surface area contributed by atoms with E-state index in [2.05, 4.69) is 6.92 Å². The highest BCUT2D eigenvalue weighted by Crippen LogP contribution is 2.12. The van der Waals surface area contributed by atoms with Gasteiger partial charge in [-0.3, -0.25) is 4.79 Å². The van der Waals surface area contributed by atoms with Crippen molar-refractivity contribution >= 4 is 12.0 Å². The van der Waals surface area contributed by atoms with Crippen LogP contribution in [0.3, 0.4) is 0 Å². The Hall–Kier alpha value is -1.77. The molecule has 0 saturated heterocycles. The SMILES string of the molecule is CCCCCCCCCCCC(=O)OC=Cc1ccc(O)cc1. The maximum absolute atomic E-state index is 11.6. The molecule has 0 fully saturated rings. The van der Waals surface area contributed by atoms with Gasteiger partial charge in [-0.25, -0.2) is 0 Å². The summed E-state index contributed by atoms with van der Waals surface area (Å²) in [6.07, 6.45) is 14.8. The summed E-state index contributed by atoms with van der Waals surface area (Å²) in [5.41, 5.74) is 0.888. The molecule has 3 nitrogen and oxygen atoms in total. The number of phenolic OH excluding ortho intramolecular Hbond substituents is 1. The van der Waals surface area contributed by atoms with E-state index in [-0.39, 0.29) is 11.7 Å². The van der Waals surface area contributed by atoms with E-state index >= 15 is 0 Å². The number of esters is 1. The van der Waals surface area contributed by atoms with Crippen molar-refractivity contribution in [3.05, 3.63) is 36.1 Å². The van der Waals surface area contributed by atoms with Crippen LogP contribution in [0.1, 0.15) is 76.7 Å². The van der Waals surface area contributed by atoms with Crippen LogP contribution in [0.2, 0.25) is 0 Å². The standard InChI is InChI=1S/C20H30O3/c1-2-3-4-5-6-7-8-9-10-11-20(22)23-17-16-18-12-14-19(21)15-13-18/h12-17,21H,2-11H2,1H3. The van der Waals surface area contributed by atoms with Crippen molar-refractivity contribution in [2.75, 3.05) is 0 Å². The molecular formula is C20H30O3. The molecule has 1 aromatic rings. The first-order valence-corrected chi connectivity index (χ1v) is 8.87. The van der Waals surface area contributed by atoms with Crippen LogP contribution in [0.4, 0.5) is 0 Å². The second kappa shape index (κ2) is 12.7. The first-order chi connectivity index (χ1) is 11.2. The summed E-state index contributed by atoms with van der Waals surface area (Å²) in [6, 6.07) is 6.73. The van der Waals surface area contributed by atoms with Gasteiger partial charge in [-0.2, -0.15) is 0 Å². The third-order valence-corrected chi connectivity index (χ3v) is 3.84. The Bertz CT molecular complexity index is 448. The lowest BCUT2D eigenvalue weighted by Crippen LogP contribution is -1.98. The third-order valence-electron chi connectivity index (χ3n) is 3.84. The summed E-state index contributed by atoms with van der Waals surface area (Å²) in [4.78, 5) is 11.6. The van der Waals surface area contributed by atoms with Crippen molar-refractivity contribution in [3.63, 3.8) is 0 Å². The van der Waals surface area contributed by atoms with Crippen molar-refractivity contribution in [3.8, 4) is 5.75 Å². The highest BCUT2D eigenvalue weighted by Gasteiger charge is 2.00. The summed E-state index contributed by atoms with van der Waals surface area (Å²) in [5.74, 6) is 0.0486. The Morgan fingerprint density at radius 3 is 2.13 bits per heavy atom.